The van der Waals surface area contributed by atoms with Crippen LogP contribution >= 0.6 is 0 Å². The Morgan fingerprint density at radius 2 is 1.27 bits per heavy atom. The molecular weight excluding hydrogens is 268 g/mol. The van der Waals surface area contributed by atoms with Gasteiger partial charge in [-0.15, -0.1) is 0 Å². The van der Waals surface area contributed by atoms with E-state index in [0.29, 0.717) is 0 Å². The van der Waals surface area contributed by atoms with Gasteiger partial charge in [0.25, 0.3) is 0 Å². The molecule has 3 N–H and O–H groups in total. The lowest BCUT2D eigenvalue weighted by atomic mass is 10.0. The maximum Gasteiger partial charge on any atom is 0.0591 e. The van der Waals surface area contributed by atoms with Gasteiger partial charge in [-0.25, -0.2) is 0 Å². The lowest BCUT2D eigenvalue weighted by Gasteiger charge is -2.16. The lowest BCUT2D eigenvalue weighted by molar-refractivity contribution is 0.616. The number of nitrogens with two attached hydrogens (primary N) is 1. The average molecular weight is 286 g/mol. The molecule has 0 aromatic heterocycles. The normalized spacial score (nSPS) is 12.9. The molecule has 3 aromatic carbocycles. The molecule has 108 valence electrons. The third-order valence-electron chi connectivity index (χ3n) is 4.32. The van der Waals surface area contributed by atoms with Crippen molar-refractivity contribution in [2.45, 2.75) is 12.6 Å². The van der Waals surface area contributed by atoms with Crippen molar-refractivity contribution in [3.63, 3.8) is 0 Å². The molecule has 0 spiro atoms. The summed E-state index contributed by atoms with van der Waals surface area (Å²) in [6.45, 7) is 0.827. The summed E-state index contributed by atoms with van der Waals surface area (Å²) in [6, 6.07) is 25.6. The van der Waals surface area contributed by atoms with Crippen LogP contribution in [-0.2, 0) is 6.54 Å². The fraction of sp³-hybridized carbons (Fsp3) is 0.100. The fourth-order valence-electron chi connectivity index (χ4n) is 3.23. The van der Waals surface area contributed by atoms with Crippen LogP contribution in [0.3, 0.4) is 0 Å². The van der Waals surface area contributed by atoms with Crippen LogP contribution in [0.2, 0.25) is 0 Å². The fourth-order valence-corrected chi connectivity index (χ4v) is 3.23. The molecule has 0 bridgehead atoms. The van der Waals surface area contributed by atoms with E-state index >= 15 is 0 Å². The third-order valence-corrected chi connectivity index (χ3v) is 4.32. The Hall–Kier alpha value is -2.58. The summed E-state index contributed by atoms with van der Waals surface area (Å²) in [5.74, 6) is 0. The monoisotopic (exact) mass is 286 g/mol. The molecule has 0 radical (unpaired) electrons. The second-order valence-electron chi connectivity index (χ2n) is 5.73. The zero-order valence-corrected chi connectivity index (χ0v) is 12.3. The van der Waals surface area contributed by atoms with Crippen LogP contribution in [0.25, 0.3) is 11.1 Å². The summed E-state index contributed by atoms with van der Waals surface area (Å²) in [4.78, 5) is 0. The number of hydrogen-bond donors (Lipinski definition) is 2. The molecule has 0 aliphatic heterocycles. The standard InChI is InChI=1S/C20H18N2/c21-15-11-9-14(10-12-15)13-22-20-18-7-3-1-5-16(18)17-6-2-4-8-19(17)20/h1-12,20,22H,13,21H2. The Balaban J connectivity index is 1.65. The van der Waals surface area contributed by atoms with Gasteiger partial charge in [-0.3, -0.25) is 0 Å². The van der Waals surface area contributed by atoms with Crippen molar-refractivity contribution in [3.05, 3.63) is 89.5 Å². The van der Waals surface area contributed by atoms with Crippen molar-refractivity contribution < 1.29 is 0 Å². The van der Waals surface area contributed by atoms with Crippen molar-refractivity contribution in [2.75, 3.05) is 5.73 Å². The minimum Gasteiger partial charge on any atom is -0.399 e. The summed E-state index contributed by atoms with van der Waals surface area (Å²) >= 11 is 0. The number of nitrogens with one attached hydrogen (secondary N) is 1. The topological polar surface area (TPSA) is 38.0 Å². The smallest absolute Gasteiger partial charge is 0.0591 e. The second kappa shape index (κ2) is 5.32. The van der Waals surface area contributed by atoms with Gasteiger partial charge in [-0.05, 0) is 39.9 Å². The largest absolute Gasteiger partial charge is 0.399 e. The highest BCUT2D eigenvalue weighted by Gasteiger charge is 2.27. The van der Waals surface area contributed by atoms with E-state index in [1.54, 1.807) is 0 Å². The van der Waals surface area contributed by atoms with Gasteiger partial charge in [-0.2, -0.15) is 0 Å². The van der Waals surface area contributed by atoms with E-state index < -0.39 is 0 Å². The SMILES string of the molecule is Nc1ccc(CNC2c3ccccc3-c3ccccc32)cc1. The molecule has 0 fully saturated rings. The van der Waals surface area contributed by atoms with Crippen LogP contribution in [0.5, 0.6) is 0 Å². The van der Waals surface area contributed by atoms with Gasteiger partial charge in [0.15, 0.2) is 0 Å². The first-order valence-electron chi connectivity index (χ1n) is 7.59. The van der Waals surface area contributed by atoms with Gasteiger partial charge < -0.3 is 11.1 Å². The van der Waals surface area contributed by atoms with Gasteiger partial charge in [0.1, 0.15) is 0 Å². The highest BCUT2D eigenvalue weighted by molar-refractivity contribution is 5.78. The van der Waals surface area contributed by atoms with Crippen molar-refractivity contribution in [2.24, 2.45) is 0 Å². The van der Waals surface area contributed by atoms with Crippen LogP contribution in [0.1, 0.15) is 22.7 Å². The lowest BCUT2D eigenvalue weighted by Crippen LogP contribution is -2.20. The van der Waals surface area contributed by atoms with Crippen molar-refractivity contribution >= 4 is 5.69 Å². The summed E-state index contributed by atoms with van der Waals surface area (Å²) in [5, 5.41) is 3.69. The van der Waals surface area contributed by atoms with E-state index in [1.165, 1.54) is 27.8 Å². The molecule has 4 rings (SSSR count). The molecule has 0 heterocycles. The Morgan fingerprint density at radius 1 is 0.727 bits per heavy atom. The Kier molecular flexibility index (Phi) is 3.17. The third kappa shape index (κ3) is 2.18. The molecule has 2 nitrogen and oxygen atoms in total. The zero-order valence-electron chi connectivity index (χ0n) is 12.3. The maximum absolute atomic E-state index is 5.75. The quantitative estimate of drug-likeness (QED) is 0.710. The first-order chi connectivity index (χ1) is 10.8. The van der Waals surface area contributed by atoms with Crippen LogP contribution < -0.4 is 11.1 Å². The predicted molar refractivity (Wildman–Crippen MR) is 91.4 cm³/mol. The molecule has 0 amide bonds. The molecule has 22 heavy (non-hydrogen) atoms. The summed E-state index contributed by atoms with van der Waals surface area (Å²) in [5.41, 5.74) is 13.2. The number of fused-ring (bicyclic) bond motifs is 3. The Morgan fingerprint density at radius 3 is 1.86 bits per heavy atom. The van der Waals surface area contributed by atoms with Gasteiger partial charge >= 0.3 is 0 Å². The predicted octanol–water partition coefficient (Wildman–Crippen LogP) is 4.13. The van der Waals surface area contributed by atoms with E-state index in [9.17, 15) is 0 Å². The van der Waals surface area contributed by atoms with Crippen molar-refractivity contribution in [1.82, 2.24) is 5.32 Å². The number of rotatable bonds is 3. The van der Waals surface area contributed by atoms with Gasteiger partial charge in [0.2, 0.25) is 0 Å². The molecule has 2 heteroatoms. The van der Waals surface area contributed by atoms with E-state index in [2.05, 4.69) is 66.0 Å². The first kappa shape index (κ1) is 13.1. The summed E-state index contributed by atoms with van der Waals surface area (Å²) in [7, 11) is 0. The second-order valence-corrected chi connectivity index (χ2v) is 5.73. The van der Waals surface area contributed by atoms with Gasteiger partial charge in [-0.1, -0.05) is 60.7 Å². The highest BCUT2D eigenvalue weighted by Crippen LogP contribution is 2.43. The van der Waals surface area contributed by atoms with Gasteiger partial charge in [0, 0.05) is 12.2 Å². The minimum atomic E-state index is 0.255. The number of nitrogen functional groups attached to an aromatic ring is 1. The van der Waals surface area contributed by atoms with Crippen LogP contribution in [0.4, 0.5) is 5.69 Å². The summed E-state index contributed by atoms with van der Waals surface area (Å²) in [6.07, 6.45) is 0. The first-order valence-corrected chi connectivity index (χ1v) is 7.59. The summed E-state index contributed by atoms with van der Waals surface area (Å²) < 4.78 is 0. The molecule has 1 aliphatic carbocycles. The van der Waals surface area contributed by atoms with Crippen LogP contribution in [-0.4, -0.2) is 0 Å². The molecule has 0 saturated heterocycles. The average Bonchev–Trinajstić information content (AvgIpc) is 2.89. The number of benzene rings is 3. The zero-order chi connectivity index (χ0) is 14.9. The van der Waals surface area contributed by atoms with Gasteiger partial charge in [0.05, 0.1) is 6.04 Å². The Labute approximate surface area is 130 Å². The van der Waals surface area contributed by atoms with Crippen molar-refractivity contribution in [3.8, 4) is 11.1 Å². The molecule has 1 aliphatic rings. The van der Waals surface area contributed by atoms with E-state index in [0.717, 1.165) is 12.2 Å². The van der Waals surface area contributed by atoms with Crippen LogP contribution in [0, 0.1) is 0 Å². The van der Waals surface area contributed by atoms with Crippen molar-refractivity contribution in [1.29, 1.82) is 0 Å². The highest BCUT2D eigenvalue weighted by atomic mass is 14.9. The molecular formula is C20H18N2. The number of hydrogen-bond acceptors (Lipinski definition) is 2. The number of anilines is 1. The van der Waals surface area contributed by atoms with Crippen LogP contribution in [0.15, 0.2) is 72.8 Å². The minimum absolute atomic E-state index is 0.255. The van der Waals surface area contributed by atoms with E-state index in [-0.39, 0.29) is 6.04 Å². The molecule has 3 aromatic rings. The molecule has 0 atom stereocenters. The maximum atomic E-state index is 5.75. The Bertz CT molecular complexity index is 760. The van der Waals surface area contributed by atoms with E-state index in [1.807, 2.05) is 12.1 Å². The molecule has 0 saturated carbocycles. The molecule has 0 unspecified atom stereocenters. The van der Waals surface area contributed by atoms with E-state index in [4.69, 9.17) is 5.73 Å².